The summed E-state index contributed by atoms with van der Waals surface area (Å²) in [4.78, 5) is 38.1. The van der Waals surface area contributed by atoms with Crippen LogP contribution in [0.1, 0.15) is 20.7 Å². The highest BCUT2D eigenvalue weighted by Gasteiger charge is 2.38. The van der Waals surface area contributed by atoms with E-state index in [-0.39, 0.29) is 17.3 Å². The van der Waals surface area contributed by atoms with Crippen molar-refractivity contribution in [2.24, 2.45) is 0 Å². The highest BCUT2D eigenvalue weighted by molar-refractivity contribution is 8.01. The summed E-state index contributed by atoms with van der Waals surface area (Å²) in [6.07, 6.45) is 0. The number of hydrogen-bond donors (Lipinski definition) is 0. The molecule has 1 unspecified atom stereocenters. The predicted molar refractivity (Wildman–Crippen MR) is 84.6 cm³/mol. The van der Waals surface area contributed by atoms with E-state index in [1.54, 1.807) is 49.5 Å². The molecule has 0 aliphatic carbocycles. The Morgan fingerprint density at radius 3 is 2.48 bits per heavy atom. The summed E-state index contributed by atoms with van der Waals surface area (Å²) < 4.78 is 0. The smallest absolute Gasteiger partial charge is 0.248 e. The lowest BCUT2D eigenvalue weighted by atomic mass is 10.00. The lowest BCUT2D eigenvalue weighted by Gasteiger charge is -2.30. The molecule has 6 heteroatoms. The van der Waals surface area contributed by atoms with Crippen molar-refractivity contribution in [3.8, 4) is 0 Å². The van der Waals surface area contributed by atoms with Gasteiger partial charge in [-0.3, -0.25) is 9.59 Å². The van der Waals surface area contributed by atoms with Crippen LogP contribution in [0.4, 0.5) is 5.69 Å². The molecule has 1 amide bonds. The Hall–Kier alpha value is -2.60. The molecule has 0 radical (unpaired) electrons. The van der Waals surface area contributed by atoms with Crippen LogP contribution in [-0.4, -0.2) is 30.0 Å². The topological polar surface area (TPSA) is 77.5 Å². The van der Waals surface area contributed by atoms with Gasteiger partial charge in [0.15, 0.2) is 11.0 Å². The number of rotatable bonds is 3. The first-order valence-corrected chi connectivity index (χ1v) is 7.76. The van der Waals surface area contributed by atoms with Gasteiger partial charge in [-0.15, -0.1) is 11.8 Å². The molecule has 2 aromatic rings. The minimum absolute atomic E-state index is 0.0281. The van der Waals surface area contributed by atoms with Gasteiger partial charge in [-0.25, -0.2) is 0 Å². The zero-order valence-electron chi connectivity index (χ0n) is 12.2. The summed E-state index contributed by atoms with van der Waals surface area (Å²) in [5.41, 5.74) is 0.991. The van der Waals surface area contributed by atoms with Gasteiger partial charge in [-0.05, 0) is 18.2 Å². The third-order valence-electron chi connectivity index (χ3n) is 3.68. The van der Waals surface area contributed by atoms with Crippen LogP contribution in [0.3, 0.4) is 0 Å². The molecule has 3 rings (SSSR count). The molecule has 1 aliphatic rings. The van der Waals surface area contributed by atoms with Crippen molar-refractivity contribution in [3.05, 3.63) is 59.7 Å². The third kappa shape index (κ3) is 2.61. The number of benzene rings is 2. The van der Waals surface area contributed by atoms with Crippen LogP contribution in [0, 0.1) is 0 Å². The number of carboxylic acid groups (broad SMARTS) is 1. The van der Waals surface area contributed by atoms with Crippen molar-refractivity contribution < 1.29 is 19.5 Å². The quantitative estimate of drug-likeness (QED) is 0.796. The van der Waals surface area contributed by atoms with Crippen molar-refractivity contribution in [2.75, 3.05) is 11.9 Å². The molecule has 0 aromatic heterocycles. The molecule has 23 heavy (non-hydrogen) atoms. The molecule has 0 saturated carbocycles. The number of thioether (sulfide) groups is 1. The van der Waals surface area contributed by atoms with Gasteiger partial charge in [-0.1, -0.05) is 30.3 Å². The Kier molecular flexibility index (Phi) is 3.92. The minimum atomic E-state index is -1.34. The summed E-state index contributed by atoms with van der Waals surface area (Å²) in [7, 11) is 1.60. The normalized spacial score (nSPS) is 17.1. The first-order valence-electron chi connectivity index (χ1n) is 6.88. The van der Waals surface area contributed by atoms with Crippen molar-refractivity contribution in [1.29, 1.82) is 0 Å². The zero-order valence-corrected chi connectivity index (χ0v) is 13.0. The highest BCUT2D eigenvalue weighted by atomic mass is 32.2. The summed E-state index contributed by atoms with van der Waals surface area (Å²) in [6.45, 7) is 0. The molecule has 116 valence electrons. The number of nitrogens with zero attached hydrogens (tertiary/aromatic N) is 1. The number of Topliss-reactive ketones (excluding diaryl/α,β-unsaturated/α-hetero) is 1. The zero-order chi connectivity index (χ0) is 16.6. The molecule has 0 fully saturated rings. The standard InChI is InChI=1S/C17H13NO4S/c1-18-12-8-4-2-6-10(12)14(19)15(16(18)20)23-13-9-5-3-7-11(13)17(21)22/h2-9,15H,1H3,(H,21,22)/p-1. The van der Waals surface area contributed by atoms with Gasteiger partial charge in [0.1, 0.15) is 0 Å². The van der Waals surface area contributed by atoms with Crippen LogP contribution in [0.5, 0.6) is 0 Å². The van der Waals surface area contributed by atoms with Crippen LogP contribution in [0.25, 0.3) is 0 Å². The van der Waals surface area contributed by atoms with Crippen LogP contribution in [0.15, 0.2) is 53.4 Å². The van der Waals surface area contributed by atoms with E-state index in [1.165, 1.54) is 11.0 Å². The third-order valence-corrected chi connectivity index (χ3v) is 4.94. The molecule has 0 bridgehead atoms. The van der Waals surface area contributed by atoms with Gasteiger partial charge in [-0.2, -0.15) is 0 Å². The first kappa shape index (κ1) is 15.3. The number of carbonyl (C=O) groups is 3. The lowest BCUT2D eigenvalue weighted by Crippen LogP contribution is -2.44. The van der Waals surface area contributed by atoms with Gasteiger partial charge in [0.25, 0.3) is 0 Å². The number of ketones is 1. The van der Waals surface area contributed by atoms with Gasteiger partial charge < -0.3 is 14.8 Å². The largest absolute Gasteiger partial charge is 0.545 e. The fourth-order valence-corrected chi connectivity index (χ4v) is 3.67. The molecule has 5 nitrogen and oxygen atoms in total. The maximum atomic E-state index is 12.6. The van der Waals surface area contributed by atoms with Gasteiger partial charge >= 0.3 is 0 Å². The van der Waals surface area contributed by atoms with Crippen molar-refractivity contribution in [1.82, 2.24) is 0 Å². The second-order valence-electron chi connectivity index (χ2n) is 5.06. The number of amides is 1. The van der Waals surface area contributed by atoms with E-state index in [4.69, 9.17) is 0 Å². The summed E-state index contributed by atoms with van der Waals surface area (Å²) in [6, 6.07) is 13.1. The fraction of sp³-hybridized carbons (Fsp3) is 0.118. The van der Waals surface area contributed by atoms with Crippen LogP contribution in [0.2, 0.25) is 0 Å². The molecule has 1 aliphatic heterocycles. The number of fused-ring (bicyclic) bond motifs is 1. The second kappa shape index (κ2) is 5.89. The van der Waals surface area contributed by atoms with E-state index in [9.17, 15) is 19.5 Å². The maximum absolute atomic E-state index is 12.6. The number of carbonyl (C=O) groups excluding carboxylic acids is 3. The van der Waals surface area contributed by atoms with E-state index < -0.39 is 11.2 Å². The summed E-state index contributed by atoms with van der Waals surface area (Å²) >= 11 is 0.941. The first-order chi connectivity index (χ1) is 11.0. The fourth-order valence-electron chi connectivity index (χ4n) is 2.49. The number of para-hydroxylation sites is 1. The minimum Gasteiger partial charge on any atom is -0.545 e. The highest BCUT2D eigenvalue weighted by Crippen LogP contribution is 2.36. The number of carboxylic acids is 1. The number of aromatic carboxylic acids is 1. The Labute approximate surface area is 136 Å². The van der Waals surface area contributed by atoms with E-state index >= 15 is 0 Å². The van der Waals surface area contributed by atoms with Crippen LogP contribution in [-0.2, 0) is 4.79 Å². The molecular formula is C17H12NO4S-. The van der Waals surface area contributed by atoms with E-state index in [0.29, 0.717) is 16.1 Å². The van der Waals surface area contributed by atoms with Crippen LogP contribution < -0.4 is 10.0 Å². The maximum Gasteiger partial charge on any atom is 0.248 e. The molecule has 1 heterocycles. The Morgan fingerprint density at radius 2 is 1.74 bits per heavy atom. The van der Waals surface area contributed by atoms with Gasteiger partial charge in [0.05, 0.1) is 11.7 Å². The van der Waals surface area contributed by atoms with Gasteiger partial charge in [0.2, 0.25) is 5.91 Å². The molecule has 2 aromatic carbocycles. The second-order valence-corrected chi connectivity index (χ2v) is 6.21. The Bertz CT molecular complexity index is 818. The van der Waals surface area contributed by atoms with E-state index in [2.05, 4.69) is 0 Å². The number of hydrogen-bond acceptors (Lipinski definition) is 5. The average Bonchev–Trinajstić information content (AvgIpc) is 2.57. The SMILES string of the molecule is CN1C(=O)C(Sc2ccccc2C(=O)[O-])C(=O)c2ccccc21. The van der Waals surface area contributed by atoms with Crippen molar-refractivity contribution >= 4 is 35.1 Å². The molecule has 1 atom stereocenters. The van der Waals surface area contributed by atoms with Crippen molar-refractivity contribution in [3.63, 3.8) is 0 Å². The monoisotopic (exact) mass is 326 g/mol. The summed E-state index contributed by atoms with van der Waals surface area (Å²) in [5, 5.41) is 10.2. The van der Waals surface area contributed by atoms with E-state index in [0.717, 1.165) is 11.8 Å². The summed E-state index contributed by atoms with van der Waals surface area (Å²) in [5.74, 6) is -2.02. The van der Waals surface area contributed by atoms with E-state index in [1.807, 2.05) is 0 Å². The molecule has 0 saturated heterocycles. The Balaban J connectivity index is 2.00. The Morgan fingerprint density at radius 1 is 1.09 bits per heavy atom. The molecule has 0 N–H and O–H groups in total. The van der Waals surface area contributed by atoms with Gasteiger partial charge in [0, 0.05) is 23.1 Å². The number of anilines is 1. The molecular weight excluding hydrogens is 314 g/mol. The molecule has 0 spiro atoms. The van der Waals surface area contributed by atoms with Crippen molar-refractivity contribution in [2.45, 2.75) is 10.1 Å². The van der Waals surface area contributed by atoms with Crippen LogP contribution >= 0.6 is 11.8 Å². The average molecular weight is 326 g/mol. The lowest BCUT2D eigenvalue weighted by molar-refractivity contribution is -0.255. The predicted octanol–water partition coefficient (Wildman–Crippen LogP) is 1.37.